The lowest BCUT2D eigenvalue weighted by atomic mass is 9.87. The molecule has 1 N–H and O–H groups in total. The highest BCUT2D eigenvalue weighted by atomic mass is 16.3. The molecule has 1 atom stereocenters. The molecule has 0 spiro atoms. The predicted octanol–water partition coefficient (Wildman–Crippen LogP) is 3.38. The highest BCUT2D eigenvalue weighted by Crippen LogP contribution is 2.29. The van der Waals surface area contributed by atoms with E-state index in [9.17, 15) is 5.11 Å². The van der Waals surface area contributed by atoms with Gasteiger partial charge < -0.3 is 5.11 Å². The van der Waals surface area contributed by atoms with Gasteiger partial charge in [-0.3, -0.25) is 0 Å². The van der Waals surface area contributed by atoms with Crippen molar-refractivity contribution < 1.29 is 5.11 Å². The number of rotatable bonds is 3. The Morgan fingerprint density at radius 3 is 2.37 bits per heavy atom. The number of hydrogen-bond acceptors (Lipinski definition) is 2. The van der Waals surface area contributed by atoms with Crippen molar-refractivity contribution in [3.8, 4) is 6.07 Å². The van der Waals surface area contributed by atoms with Crippen LogP contribution in [0.2, 0.25) is 0 Å². The van der Waals surface area contributed by atoms with E-state index in [0.717, 1.165) is 17.5 Å². The number of aryl methyl sites for hydroxylation is 1. The monoisotopic (exact) mass is 251 g/mol. The van der Waals surface area contributed by atoms with Gasteiger partial charge in [0.1, 0.15) is 5.60 Å². The Morgan fingerprint density at radius 1 is 1.11 bits per heavy atom. The van der Waals surface area contributed by atoms with Crippen molar-refractivity contribution in [3.63, 3.8) is 0 Å². The van der Waals surface area contributed by atoms with E-state index in [1.54, 1.807) is 25.1 Å². The highest BCUT2D eigenvalue weighted by molar-refractivity contribution is 5.41. The lowest BCUT2D eigenvalue weighted by Gasteiger charge is -2.25. The standard InChI is InChI=1S/C17H17NO/c1-3-13-7-9-15(10-8-13)17(2,19)16-6-4-5-14(11-16)12-18/h4-11,19H,3H2,1-2H3. The van der Waals surface area contributed by atoms with Crippen LogP contribution in [0.25, 0.3) is 0 Å². The van der Waals surface area contributed by atoms with Gasteiger partial charge in [0.15, 0.2) is 0 Å². The van der Waals surface area contributed by atoms with Crippen LogP contribution in [0.4, 0.5) is 0 Å². The first kappa shape index (κ1) is 13.3. The summed E-state index contributed by atoms with van der Waals surface area (Å²) < 4.78 is 0. The molecular weight excluding hydrogens is 234 g/mol. The van der Waals surface area contributed by atoms with Gasteiger partial charge in [0.05, 0.1) is 11.6 Å². The fraction of sp³-hybridized carbons (Fsp3) is 0.235. The Bertz CT molecular complexity index is 606. The first-order chi connectivity index (χ1) is 9.07. The summed E-state index contributed by atoms with van der Waals surface area (Å²) in [6.45, 7) is 3.86. The molecule has 0 aliphatic rings. The molecular formula is C17H17NO. The maximum atomic E-state index is 10.7. The van der Waals surface area contributed by atoms with Crippen molar-refractivity contribution in [1.29, 1.82) is 5.26 Å². The largest absolute Gasteiger partial charge is 0.381 e. The average molecular weight is 251 g/mol. The van der Waals surface area contributed by atoms with Crippen LogP contribution in [-0.4, -0.2) is 5.11 Å². The predicted molar refractivity (Wildman–Crippen MR) is 75.6 cm³/mol. The van der Waals surface area contributed by atoms with Crippen molar-refractivity contribution in [1.82, 2.24) is 0 Å². The smallest absolute Gasteiger partial charge is 0.112 e. The third kappa shape index (κ3) is 2.67. The van der Waals surface area contributed by atoms with E-state index < -0.39 is 5.60 Å². The summed E-state index contributed by atoms with van der Waals surface area (Å²) in [5, 5.41) is 19.7. The molecule has 2 aromatic rings. The molecule has 1 unspecified atom stereocenters. The minimum atomic E-state index is -1.08. The molecule has 19 heavy (non-hydrogen) atoms. The molecule has 0 amide bonds. The zero-order valence-electron chi connectivity index (χ0n) is 11.2. The first-order valence-electron chi connectivity index (χ1n) is 6.40. The molecule has 0 heterocycles. The minimum Gasteiger partial charge on any atom is -0.381 e. The van der Waals surface area contributed by atoms with Crippen molar-refractivity contribution in [2.24, 2.45) is 0 Å². The fourth-order valence-corrected chi connectivity index (χ4v) is 2.12. The van der Waals surface area contributed by atoms with Crippen LogP contribution in [-0.2, 0) is 12.0 Å². The van der Waals surface area contributed by atoms with Gasteiger partial charge >= 0.3 is 0 Å². The fourth-order valence-electron chi connectivity index (χ4n) is 2.12. The zero-order chi connectivity index (χ0) is 13.9. The van der Waals surface area contributed by atoms with Gasteiger partial charge in [-0.15, -0.1) is 0 Å². The third-order valence-electron chi connectivity index (χ3n) is 3.48. The molecule has 0 fully saturated rings. The Labute approximate surface area is 114 Å². The maximum absolute atomic E-state index is 10.7. The number of aliphatic hydroxyl groups is 1. The summed E-state index contributed by atoms with van der Waals surface area (Å²) in [4.78, 5) is 0. The van der Waals surface area contributed by atoms with Crippen LogP contribution in [0, 0.1) is 11.3 Å². The molecule has 0 radical (unpaired) electrons. The van der Waals surface area contributed by atoms with Crippen molar-refractivity contribution >= 4 is 0 Å². The molecule has 96 valence electrons. The van der Waals surface area contributed by atoms with Gasteiger partial charge in [-0.2, -0.15) is 5.26 Å². The summed E-state index contributed by atoms with van der Waals surface area (Å²) in [5.74, 6) is 0. The molecule has 0 aliphatic carbocycles. The normalized spacial score (nSPS) is 13.6. The Kier molecular flexibility index (Phi) is 3.69. The van der Waals surface area contributed by atoms with E-state index in [2.05, 4.69) is 13.0 Å². The molecule has 0 aromatic heterocycles. The third-order valence-corrected chi connectivity index (χ3v) is 3.48. The summed E-state index contributed by atoms with van der Waals surface area (Å²) >= 11 is 0. The van der Waals surface area contributed by atoms with E-state index in [1.165, 1.54) is 5.56 Å². The maximum Gasteiger partial charge on any atom is 0.112 e. The van der Waals surface area contributed by atoms with Crippen molar-refractivity contribution in [2.75, 3.05) is 0 Å². The van der Waals surface area contributed by atoms with Crippen molar-refractivity contribution in [2.45, 2.75) is 25.9 Å². The minimum absolute atomic E-state index is 0.558. The zero-order valence-corrected chi connectivity index (χ0v) is 11.2. The van der Waals surface area contributed by atoms with Crippen LogP contribution in [0.15, 0.2) is 48.5 Å². The van der Waals surface area contributed by atoms with Crippen LogP contribution >= 0.6 is 0 Å². The number of benzene rings is 2. The van der Waals surface area contributed by atoms with Crippen molar-refractivity contribution in [3.05, 3.63) is 70.8 Å². The van der Waals surface area contributed by atoms with Gasteiger partial charge in [0.25, 0.3) is 0 Å². The van der Waals surface area contributed by atoms with E-state index in [4.69, 9.17) is 5.26 Å². The number of hydrogen-bond donors (Lipinski definition) is 1. The van der Waals surface area contributed by atoms with E-state index >= 15 is 0 Å². The lowest BCUT2D eigenvalue weighted by molar-refractivity contribution is 0.102. The Balaban J connectivity index is 2.42. The number of nitriles is 1. The molecule has 2 aromatic carbocycles. The van der Waals surface area contributed by atoms with Crippen LogP contribution < -0.4 is 0 Å². The van der Waals surface area contributed by atoms with E-state index in [1.807, 2.05) is 30.3 Å². The molecule has 0 saturated carbocycles. The molecule has 0 saturated heterocycles. The highest BCUT2D eigenvalue weighted by Gasteiger charge is 2.25. The van der Waals surface area contributed by atoms with Gasteiger partial charge in [-0.1, -0.05) is 43.3 Å². The average Bonchev–Trinajstić information content (AvgIpc) is 2.47. The first-order valence-corrected chi connectivity index (χ1v) is 6.40. The summed E-state index contributed by atoms with van der Waals surface area (Å²) in [6, 6.07) is 17.1. The molecule has 2 heteroatoms. The van der Waals surface area contributed by atoms with Crippen LogP contribution in [0.5, 0.6) is 0 Å². The van der Waals surface area contributed by atoms with Crippen LogP contribution in [0.3, 0.4) is 0 Å². The van der Waals surface area contributed by atoms with E-state index in [-0.39, 0.29) is 0 Å². The second-order valence-electron chi connectivity index (χ2n) is 4.82. The lowest BCUT2D eigenvalue weighted by Crippen LogP contribution is -2.22. The quantitative estimate of drug-likeness (QED) is 0.908. The molecule has 2 rings (SSSR count). The summed E-state index contributed by atoms with van der Waals surface area (Å²) in [7, 11) is 0. The molecule has 0 aliphatic heterocycles. The second kappa shape index (κ2) is 5.26. The second-order valence-corrected chi connectivity index (χ2v) is 4.82. The Hall–Kier alpha value is -2.11. The number of nitrogens with zero attached hydrogens (tertiary/aromatic N) is 1. The topological polar surface area (TPSA) is 44.0 Å². The Morgan fingerprint density at radius 2 is 1.79 bits per heavy atom. The van der Waals surface area contributed by atoms with E-state index in [0.29, 0.717) is 5.56 Å². The van der Waals surface area contributed by atoms with Gasteiger partial charge in [0, 0.05) is 0 Å². The molecule has 0 bridgehead atoms. The SMILES string of the molecule is CCc1ccc(C(C)(O)c2cccc(C#N)c2)cc1. The van der Waals surface area contributed by atoms with Crippen LogP contribution in [0.1, 0.15) is 36.1 Å². The van der Waals surface area contributed by atoms with Gasteiger partial charge in [0.2, 0.25) is 0 Å². The van der Waals surface area contributed by atoms with Gasteiger partial charge in [-0.05, 0) is 42.2 Å². The summed E-state index contributed by atoms with van der Waals surface area (Å²) in [5.41, 5.74) is 2.28. The molecule has 2 nitrogen and oxygen atoms in total. The summed E-state index contributed by atoms with van der Waals surface area (Å²) in [6.07, 6.45) is 0.979. The van der Waals surface area contributed by atoms with Gasteiger partial charge in [-0.25, -0.2) is 0 Å².